The molecule has 0 radical (unpaired) electrons. The highest BCUT2D eigenvalue weighted by atomic mass is 127. The molecule has 0 aliphatic rings. The molecule has 0 amide bonds. The summed E-state index contributed by atoms with van der Waals surface area (Å²) >= 11 is 0. The molecule has 1 aromatic rings. The van der Waals surface area contributed by atoms with Gasteiger partial charge in [0.2, 0.25) is 5.88 Å². The topological polar surface area (TPSA) is 67.8 Å². The standard InChI is InChI=1S/C15H26N4O2.HI/c1-5-12(2)19-15(16-3)18-11-13-6-7-14(17-10-13)21-9-8-20-4;/h6-7,10,12H,5,8-9,11H2,1-4H3,(H2,16,18,19);1H. The Morgan fingerprint density at radius 3 is 2.68 bits per heavy atom. The highest BCUT2D eigenvalue weighted by Crippen LogP contribution is 2.07. The molecule has 126 valence electrons. The van der Waals surface area contributed by atoms with Gasteiger partial charge in [0.15, 0.2) is 5.96 Å². The van der Waals surface area contributed by atoms with Crippen LogP contribution in [0.4, 0.5) is 0 Å². The summed E-state index contributed by atoms with van der Waals surface area (Å²) in [4.78, 5) is 8.45. The third-order valence-electron chi connectivity index (χ3n) is 3.01. The average Bonchev–Trinajstić information content (AvgIpc) is 2.52. The third-order valence-corrected chi connectivity index (χ3v) is 3.01. The van der Waals surface area contributed by atoms with E-state index in [1.54, 1.807) is 20.4 Å². The second-order valence-electron chi connectivity index (χ2n) is 4.73. The van der Waals surface area contributed by atoms with Gasteiger partial charge in [0.25, 0.3) is 0 Å². The molecule has 1 aromatic heterocycles. The van der Waals surface area contributed by atoms with Crippen LogP contribution in [0.25, 0.3) is 0 Å². The predicted molar refractivity (Wildman–Crippen MR) is 100 cm³/mol. The van der Waals surface area contributed by atoms with E-state index in [0.717, 1.165) is 17.9 Å². The van der Waals surface area contributed by atoms with Gasteiger partial charge in [-0.05, 0) is 18.9 Å². The Hall–Kier alpha value is -1.09. The van der Waals surface area contributed by atoms with E-state index in [1.165, 1.54) is 0 Å². The molecule has 22 heavy (non-hydrogen) atoms. The maximum absolute atomic E-state index is 5.42. The summed E-state index contributed by atoms with van der Waals surface area (Å²) in [5.74, 6) is 1.41. The zero-order valence-corrected chi connectivity index (χ0v) is 16.1. The van der Waals surface area contributed by atoms with E-state index in [2.05, 4.69) is 34.5 Å². The molecule has 2 N–H and O–H groups in total. The second-order valence-corrected chi connectivity index (χ2v) is 4.73. The Balaban J connectivity index is 0.00000441. The number of halogens is 1. The number of nitrogens with one attached hydrogen (secondary N) is 2. The van der Waals surface area contributed by atoms with E-state index >= 15 is 0 Å². The minimum Gasteiger partial charge on any atom is -0.475 e. The van der Waals surface area contributed by atoms with Crippen LogP contribution in [0.5, 0.6) is 5.88 Å². The fourth-order valence-corrected chi connectivity index (χ4v) is 1.55. The number of hydrogen-bond donors (Lipinski definition) is 2. The zero-order chi connectivity index (χ0) is 15.5. The lowest BCUT2D eigenvalue weighted by Crippen LogP contribution is -2.41. The van der Waals surface area contributed by atoms with Crippen molar-refractivity contribution in [2.45, 2.75) is 32.9 Å². The van der Waals surface area contributed by atoms with Crippen LogP contribution in [-0.2, 0) is 11.3 Å². The minimum absolute atomic E-state index is 0. The van der Waals surface area contributed by atoms with Crippen LogP contribution in [0.3, 0.4) is 0 Å². The maximum Gasteiger partial charge on any atom is 0.213 e. The highest BCUT2D eigenvalue weighted by molar-refractivity contribution is 14.0. The van der Waals surface area contributed by atoms with E-state index in [0.29, 0.717) is 31.7 Å². The number of rotatable bonds is 8. The minimum atomic E-state index is 0. The number of pyridine rings is 1. The smallest absolute Gasteiger partial charge is 0.213 e. The monoisotopic (exact) mass is 422 g/mol. The van der Waals surface area contributed by atoms with Crippen molar-refractivity contribution in [2.75, 3.05) is 27.4 Å². The van der Waals surface area contributed by atoms with Crippen LogP contribution in [0.2, 0.25) is 0 Å². The number of guanidine groups is 1. The van der Waals surface area contributed by atoms with Crippen molar-refractivity contribution in [1.82, 2.24) is 15.6 Å². The van der Waals surface area contributed by atoms with Crippen LogP contribution in [0, 0.1) is 0 Å². The fourth-order valence-electron chi connectivity index (χ4n) is 1.55. The summed E-state index contributed by atoms with van der Waals surface area (Å²) in [5, 5.41) is 6.57. The van der Waals surface area contributed by atoms with Crippen molar-refractivity contribution in [3.8, 4) is 5.88 Å². The van der Waals surface area contributed by atoms with Crippen LogP contribution < -0.4 is 15.4 Å². The van der Waals surface area contributed by atoms with Gasteiger partial charge in [0.05, 0.1) is 6.61 Å². The lowest BCUT2D eigenvalue weighted by molar-refractivity contribution is 0.143. The highest BCUT2D eigenvalue weighted by Gasteiger charge is 2.03. The van der Waals surface area contributed by atoms with E-state index in [9.17, 15) is 0 Å². The summed E-state index contributed by atoms with van der Waals surface area (Å²) in [6.45, 7) is 5.99. The summed E-state index contributed by atoms with van der Waals surface area (Å²) in [6, 6.07) is 4.24. The molecule has 0 saturated carbocycles. The molecule has 0 aliphatic heterocycles. The molecule has 0 fully saturated rings. The quantitative estimate of drug-likeness (QED) is 0.291. The summed E-state index contributed by atoms with van der Waals surface area (Å²) in [5.41, 5.74) is 1.07. The molecule has 1 heterocycles. The largest absolute Gasteiger partial charge is 0.475 e. The Morgan fingerprint density at radius 1 is 1.36 bits per heavy atom. The van der Waals surface area contributed by atoms with Gasteiger partial charge >= 0.3 is 0 Å². The van der Waals surface area contributed by atoms with Gasteiger partial charge < -0.3 is 20.1 Å². The van der Waals surface area contributed by atoms with Gasteiger partial charge in [-0.3, -0.25) is 4.99 Å². The Labute approximate surface area is 150 Å². The third kappa shape index (κ3) is 8.38. The fraction of sp³-hybridized carbons (Fsp3) is 0.600. The molecule has 0 aromatic carbocycles. The first-order valence-corrected chi connectivity index (χ1v) is 7.23. The molecule has 1 atom stereocenters. The van der Waals surface area contributed by atoms with Gasteiger partial charge in [-0.15, -0.1) is 24.0 Å². The first-order chi connectivity index (χ1) is 10.2. The van der Waals surface area contributed by atoms with Crippen LogP contribution in [0.15, 0.2) is 23.3 Å². The van der Waals surface area contributed by atoms with Crippen molar-refractivity contribution in [3.63, 3.8) is 0 Å². The van der Waals surface area contributed by atoms with E-state index < -0.39 is 0 Å². The molecule has 6 nitrogen and oxygen atoms in total. The van der Waals surface area contributed by atoms with Crippen LogP contribution in [0.1, 0.15) is 25.8 Å². The van der Waals surface area contributed by atoms with Crippen molar-refractivity contribution in [3.05, 3.63) is 23.9 Å². The molecular formula is C15H27IN4O2. The molecule has 0 bridgehead atoms. The molecule has 7 heteroatoms. The van der Waals surface area contributed by atoms with Gasteiger partial charge in [-0.2, -0.15) is 0 Å². The van der Waals surface area contributed by atoms with Gasteiger partial charge in [-0.1, -0.05) is 13.0 Å². The summed E-state index contributed by atoms with van der Waals surface area (Å²) in [6.07, 6.45) is 2.85. The van der Waals surface area contributed by atoms with Gasteiger partial charge in [0, 0.05) is 39.0 Å². The molecule has 0 saturated heterocycles. The lowest BCUT2D eigenvalue weighted by Gasteiger charge is -2.16. The van der Waals surface area contributed by atoms with Crippen molar-refractivity contribution in [2.24, 2.45) is 4.99 Å². The SMILES string of the molecule is CCC(C)NC(=NC)NCc1ccc(OCCOC)nc1.I. The molecule has 1 unspecified atom stereocenters. The van der Waals surface area contributed by atoms with Crippen molar-refractivity contribution in [1.29, 1.82) is 0 Å². The first kappa shape index (κ1) is 20.9. The predicted octanol–water partition coefficient (Wildman–Crippen LogP) is 2.19. The Bertz CT molecular complexity index is 426. The molecule has 0 spiro atoms. The van der Waals surface area contributed by atoms with Gasteiger partial charge in [0.1, 0.15) is 6.61 Å². The molecule has 1 rings (SSSR count). The maximum atomic E-state index is 5.42. The number of methoxy groups -OCH3 is 1. The number of nitrogens with zero attached hydrogens (tertiary/aromatic N) is 2. The summed E-state index contributed by atoms with van der Waals surface area (Å²) in [7, 11) is 3.41. The summed E-state index contributed by atoms with van der Waals surface area (Å²) < 4.78 is 10.3. The number of aromatic nitrogens is 1. The van der Waals surface area contributed by atoms with Crippen molar-refractivity contribution >= 4 is 29.9 Å². The van der Waals surface area contributed by atoms with Crippen molar-refractivity contribution < 1.29 is 9.47 Å². The molecular weight excluding hydrogens is 395 g/mol. The Morgan fingerprint density at radius 2 is 2.14 bits per heavy atom. The van der Waals surface area contributed by atoms with Crippen LogP contribution >= 0.6 is 24.0 Å². The van der Waals surface area contributed by atoms with Gasteiger partial charge in [-0.25, -0.2) is 4.98 Å². The van der Waals surface area contributed by atoms with Crippen LogP contribution in [-0.4, -0.2) is 44.4 Å². The van der Waals surface area contributed by atoms with E-state index in [-0.39, 0.29) is 24.0 Å². The number of hydrogen-bond acceptors (Lipinski definition) is 4. The molecule has 0 aliphatic carbocycles. The average molecular weight is 422 g/mol. The second kappa shape index (κ2) is 12.5. The zero-order valence-electron chi connectivity index (χ0n) is 13.8. The Kier molecular flexibility index (Phi) is 11.8. The lowest BCUT2D eigenvalue weighted by atomic mass is 10.2. The van der Waals surface area contributed by atoms with E-state index in [1.807, 2.05) is 12.1 Å². The number of ether oxygens (including phenoxy) is 2. The van der Waals surface area contributed by atoms with E-state index in [4.69, 9.17) is 9.47 Å². The number of aliphatic imine (C=N–C) groups is 1. The normalized spacial score (nSPS) is 12.3. The first-order valence-electron chi connectivity index (χ1n) is 7.23.